The number of fused-ring (bicyclic) bond motifs is 1. The average molecular weight is 393 g/mol. The number of carbonyl (C=O) groups is 1. The van der Waals surface area contributed by atoms with Crippen molar-refractivity contribution in [2.24, 2.45) is 0 Å². The molecule has 0 aliphatic carbocycles. The van der Waals surface area contributed by atoms with Crippen molar-refractivity contribution in [3.63, 3.8) is 0 Å². The van der Waals surface area contributed by atoms with Gasteiger partial charge in [-0.1, -0.05) is 42.8 Å². The van der Waals surface area contributed by atoms with Gasteiger partial charge in [-0.15, -0.1) is 11.3 Å². The fourth-order valence-corrected chi connectivity index (χ4v) is 4.11. The SMILES string of the molecule is CCc1ccc(C(=O)Nc2ccc(Cl)c(-c3nc4ccccc4s3)c2)cc1. The van der Waals surface area contributed by atoms with Gasteiger partial charge in [0.1, 0.15) is 5.01 Å². The van der Waals surface area contributed by atoms with Crippen LogP contribution in [0.25, 0.3) is 20.8 Å². The molecule has 1 amide bonds. The molecule has 134 valence electrons. The fourth-order valence-electron chi connectivity index (χ4n) is 2.85. The number of rotatable bonds is 4. The molecular formula is C22H17ClN2OS. The highest BCUT2D eigenvalue weighted by Crippen LogP contribution is 2.35. The Balaban J connectivity index is 1.62. The zero-order valence-electron chi connectivity index (χ0n) is 14.7. The van der Waals surface area contributed by atoms with Gasteiger partial charge < -0.3 is 5.32 Å². The first-order chi connectivity index (χ1) is 13.1. The Hall–Kier alpha value is -2.69. The van der Waals surface area contributed by atoms with Gasteiger partial charge in [0.25, 0.3) is 5.91 Å². The molecule has 0 aliphatic rings. The van der Waals surface area contributed by atoms with Gasteiger partial charge in [0, 0.05) is 16.8 Å². The monoisotopic (exact) mass is 392 g/mol. The standard InChI is InChI=1S/C22H17ClN2OS/c1-2-14-7-9-15(10-8-14)21(26)24-16-11-12-18(23)17(13-16)22-25-19-5-3-4-6-20(19)27-22/h3-13H,2H2,1H3,(H,24,26). The second-order valence-corrected chi connectivity index (χ2v) is 7.62. The number of amides is 1. The van der Waals surface area contributed by atoms with E-state index in [-0.39, 0.29) is 5.91 Å². The van der Waals surface area contributed by atoms with Gasteiger partial charge in [0.2, 0.25) is 0 Å². The van der Waals surface area contributed by atoms with Gasteiger partial charge in [-0.3, -0.25) is 4.79 Å². The molecule has 0 spiro atoms. The van der Waals surface area contributed by atoms with E-state index in [1.54, 1.807) is 23.5 Å². The van der Waals surface area contributed by atoms with E-state index in [0.717, 1.165) is 27.2 Å². The van der Waals surface area contributed by atoms with Gasteiger partial charge >= 0.3 is 0 Å². The van der Waals surface area contributed by atoms with E-state index in [4.69, 9.17) is 11.6 Å². The highest BCUT2D eigenvalue weighted by atomic mass is 35.5. The number of nitrogens with zero attached hydrogens (tertiary/aromatic N) is 1. The number of aromatic nitrogens is 1. The minimum Gasteiger partial charge on any atom is -0.322 e. The number of carbonyl (C=O) groups excluding carboxylic acids is 1. The molecule has 3 aromatic carbocycles. The number of para-hydroxylation sites is 1. The van der Waals surface area contributed by atoms with E-state index in [0.29, 0.717) is 16.3 Å². The molecule has 0 unspecified atom stereocenters. The van der Waals surface area contributed by atoms with Crippen molar-refractivity contribution in [3.05, 3.63) is 82.9 Å². The Morgan fingerprint density at radius 3 is 2.59 bits per heavy atom. The van der Waals surface area contributed by atoms with Crippen molar-refractivity contribution in [1.82, 2.24) is 4.98 Å². The Kier molecular flexibility index (Phi) is 4.92. The summed E-state index contributed by atoms with van der Waals surface area (Å²) in [5.74, 6) is -0.143. The summed E-state index contributed by atoms with van der Waals surface area (Å²) in [6.07, 6.45) is 0.949. The van der Waals surface area contributed by atoms with Crippen LogP contribution < -0.4 is 5.32 Å². The van der Waals surface area contributed by atoms with Crippen LogP contribution in [0.3, 0.4) is 0 Å². The maximum Gasteiger partial charge on any atom is 0.255 e. The van der Waals surface area contributed by atoms with Gasteiger partial charge in [-0.05, 0) is 54.4 Å². The molecule has 3 nitrogen and oxygen atoms in total. The Bertz CT molecular complexity index is 1090. The second kappa shape index (κ2) is 7.51. The molecule has 27 heavy (non-hydrogen) atoms. The van der Waals surface area contributed by atoms with Crippen LogP contribution in [0.5, 0.6) is 0 Å². The third kappa shape index (κ3) is 3.72. The summed E-state index contributed by atoms with van der Waals surface area (Å²) in [5, 5.41) is 4.39. The molecule has 0 saturated heterocycles. The van der Waals surface area contributed by atoms with Crippen LogP contribution in [0.4, 0.5) is 5.69 Å². The smallest absolute Gasteiger partial charge is 0.255 e. The lowest BCUT2D eigenvalue weighted by Crippen LogP contribution is -2.11. The van der Waals surface area contributed by atoms with E-state index in [2.05, 4.69) is 17.2 Å². The Labute approximate surface area is 166 Å². The van der Waals surface area contributed by atoms with Crippen molar-refractivity contribution in [3.8, 4) is 10.6 Å². The van der Waals surface area contributed by atoms with Gasteiger partial charge in [0.15, 0.2) is 0 Å². The summed E-state index contributed by atoms with van der Waals surface area (Å²) in [6.45, 7) is 2.09. The Morgan fingerprint density at radius 2 is 1.85 bits per heavy atom. The first-order valence-electron chi connectivity index (χ1n) is 8.70. The molecule has 4 aromatic rings. The van der Waals surface area contributed by atoms with Crippen molar-refractivity contribution in [2.45, 2.75) is 13.3 Å². The van der Waals surface area contributed by atoms with Crippen molar-refractivity contribution >= 4 is 44.7 Å². The van der Waals surface area contributed by atoms with Crippen LogP contribution in [-0.2, 0) is 6.42 Å². The number of nitrogens with one attached hydrogen (secondary N) is 1. The van der Waals surface area contributed by atoms with E-state index in [9.17, 15) is 4.79 Å². The third-order valence-corrected chi connectivity index (χ3v) is 5.77. The average Bonchev–Trinajstić information content (AvgIpc) is 3.13. The summed E-state index contributed by atoms with van der Waals surface area (Å²) in [5.41, 5.74) is 4.29. The van der Waals surface area contributed by atoms with E-state index < -0.39 is 0 Å². The maximum atomic E-state index is 12.5. The Morgan fingerprint density at radius 1 is 1.07 bits per heavy atom. The van der Waals surface area contributed by atoms with Crippen LogP contribution in [0.15, 0.2) is 66.7 Å². The lowest BCUT2D eigenvalue weighted by atomic mass is 10.1. The number of hydrogen-bond acceptors (Lipinski definition) is 3. The third-order valence-electron chi connectivity index (χ3n) is 4.37. The van der Waals surface area contributed by atoms with Crippen LogP contribution in [0.2, 0.25) is 5.02 Å². The maximum absolute atomic E-state index is 12.5. The highest BCUT2D eigenvalue weighted by Gasteiger charge is 2.12. The number of benzene rings is 3. The number of thiazole rings is 1. The summed E-state index contributed by atoms with van der Waals surface area (Å²) < 4.78 is 1.11. The summed E-state index contributed by atoms with van der Waals surface area (Å²) in [4.78, 5) is 17.2. The molecule has 0 bridgehead atoms. The van der Waals surface area contributed by atoms with Crippen LogP contribution in [0, 0.1) is 0 Å². The van der Waals surface area contributed by atoms with Crippen LogP contribution >= 0.6 is 22.9 Å². The number of hydrogen-bond donors (Lipinski definition) is 1. The molecular weight excluding hydrogens is 376 g/mol. The molecule has 1 aromatic heterocycles. The molecule has 0 fully saturated rings. The molecule has 1 heterocycles. The van der Waals surface area contributed by atoms with E-state index in [1.807, 2.05) is 54.6 Å². The summed E-state index contributed by atoms with van der Waals surface area (Å²) >= 11 is 7.98. The predicted molar refractivity (Wildman–Crippen MR) is 114 cm³/mol. The number of anilines is 1. The second-order valence-electron chi connectivity index (χ2n) is 6.19. The molecule has 0 radical (unpaired) electrons. The quantitative estimate of drug-likeness (QED) is 0.434. The zero-order valence-corrected chi connectivity index (χ0v) is 16.3. The molecule has 0 atom stereocenters. The van der Waals surface area contributed by atoms with Crippen LogP contribution in [0.1, 0.15) is 22.8 Å². The van der Waals surface area contributed by atoms with Crippen LogP contribution in [-0.4, -0.2) is 10.9 Å². The largest absolute Gasteiger partial charge is 0.322 e. The van der Waals surface area contributed by atoms with E-state index in [1.165, 1.54) is 5.56 Å². The first-order valence-corrected chi connectivity index (χ1v) is 9.89. The lowest BCUT2D eigenvalue weighted by molar-refractivity contribution is 0.102. The van der Waals surface area contributed by atoms with E-state index >= 15 is 0 Å². The van der Waals surface area contributed by atoms with Crippen molar-refractivity contribution in [2.75, 3.05) is 5.32 Å². The first kappa shape index (κ1) is 17.7. The topological polar surface area (TPSA) is 42.0 Å². The van der Waals surface area contributed by atoms with Crippen molar-refractivity contribution in [1.29, 1.82) is 0 Å². The lowest BCUT2D eigenvalue weighted by Gasteiger charge is -2.08. The van der Waals surface area contributed by atoms with Gasteiger partial charge in [0.05, 0.1) is 15.2 Å². The van der Waals surface area contributed by atoms with Gasteiger partial charge in [-0.2, -0.15) is 0 Å². The number of halogens is 1. The molecule has 0 aliphatic heterocycles. The summed E-state index contributed by atoms with van der Waals surface area (Å²) in [7, 11) is 0. The molecule has 4 rings (SSSR count). The predicted octanol–water partition coefficient (Wildman–Crippen LogP) is 6.43. The highest BCUT2D eigenvalue weighted by molar-refractivity contribution is 7.21. The molecule has 1 N–H and O–H groups in total. The van der Waals surface area contributed by atoms with Crippen molar-refractivity contribution < 1.29 is 4.79 Å². The van der Waals surface area contributed by atoms with Gasteiger partial charge in [-0.25, -0.2) is 4.98 Å². The fraction of sp³-hybridized carbons (Fsp3) is 0.0909. The minimum atomic E-state index is -0.143. The summed E-state index contributed by atoms with van der Waals surface area (Å²) in [6, 6.07) is 21.1. The minimum absolute atomic E-state index is 0.143. The molecule has 5 heteroatoms. The number of aryl methyl sites for hydroxylation is 1. The molecule has 0 saturated carbocycles. The normalized spacial score (nSPS) is 10.9. The zero-order chi connectivity index (χ0) is 18.8.